The molecule has 0 saturated heterocycles. The first-order valence-electron chi connectivity index (χ1n) is 27.6. The van der Waals surface area contributed by atoms with Crippen LogP contribution in [0.1, 0.15) is 92.2 Å². The van der Waals surface area contributed by atoms with Crippen molar-refractivity contribution in [1.82, 2.24) is 20.3 Å². The van der Waals surface area contributed by atoms with Crippen LogP contribution in [0, 0.1) is 25.1 Å². The number of hydrogen-bond acceptors (Lipinski definition) is 16. The highest BCUT2D eigenvalue weighted by atomic mass is 35.5. The fourth-order valence-electron chi connectivity index (χ4n) is 8.31. The van der Waals surface area contributed by atoms with Gasteiger partial charge in [0, 0.05) is 36.4 Å². The fraction of sp³-hybridized carbons (Fsp3) is 0.492. The summed E-state index contributed by atoms with van der Waals surface area (Å²) in [4.78, 5) is 92.2. The Balaban J connectivity index is 0.000000378. The van der Waals surface area contributed by atoms with Crippen molar-refractivity contribution in [3.8, 4) is 23.8 Å². The minimum Gasteiger partial charge on any atom is -0.778 e. The molecule has 1 aromatic heterocycles. The van der Waals surface area contributed by atoms with Crippen LogP contribution in [0.2, 0.25) is 10.3 Å². The maximum absolute atomic E-state index is 14.4. The number of rotatable bonds is 17. The van der Waals surface area contributed by atoms with Gasteiger partial charge in [-0.15, -0.1) is 18.0 Å². The number of anilines is 5. The highest BCUT2D eigenvalue weighted by Gasteiger charge is 2.41. The predicted molar refractivity (Wildman–Crippen MR) is 351 cm³/mol. The number of halogens is 6. The zero-order valence-electron chi connectivity index (χ0n) is 51.6. The van der Waals surface area contributed by atoms with Crippen molar-refractivity contribution in [2.24, 2.45) is 0 Å². The van der Waals surface area contributed by atoms with Gasteiger partial charge >= 0.3 is 5.97 Å². The van der Waals surface area contributed by atoms with Crippen LogP contribution in [-0.2, 0) is 50.6 Å². The summed E-state index contributed by atoms with van der Waals surface area (Å²) in [7, 11) is -2.07. The summed E-state index contributed by atoms with van der Waals surface area (Å²) in [6.45, 7) is 18.8. The van der Waals surface area contributed by atoms with Gasteiger partial charge in [0.15, 0.2) is 10.9 Å². The summed E-state index contributed by atoms with van der Waals surface area (Å²) >= 11 is 28.8. The summed E-state index contributed by atoms with van der Waals surface area (Å²) in [6, 6.07) is 15.6. The molecule has 0 spiro atoms. The first kappa shape index (κ1) is 78.6. The van der Waals surface area contributed by atoms with E-state index < -0.39 is 55.0 Å². The molecule has 0 radical (unpaired) electrons. The number of methoxy groups -OCH3 is 1. The number of nitrogens with zero attached hydrogens (tertiary/aromatic N) is 6. The number of amides is 4. The molecule has 1 aliphatic carbocycles. The molecule has 3 aromatic carbocycles. The number of aromatic nitrogens is 3. The van der Waals surface area contributed by atoms with Crippen LogP contribution in [0.4, 0.5) is 33.3 Å². The maximum atomic E-state index is 14.4. The SMILES string of the molecule is C#CC(C)Oc1cc(N2C(=O)C3=C(CCCC3)C2=O)c(F)cc1Cl.CC1COc2ccccc2N1C(=O)C(Cl)Cl.CCNc1nc(Cl)nc(NC(C)(C)C)n1.CCc1cccc(C)c1N(C(=O)CCl)C(C)COC.C[S+](C)C.O=C(O)CNCP(=O)([O-])O. The van der Waals surface area contributed by atoms with Gasteiger partial charge in [-0.1, -0.05) is 78.0 Å². The molecule has 4 amide bonds. The Labute approximate surface area is 543 Å². The van der Waals surface area contributed by atoms with Crippen LogP contribution in [-0.4, -0.2) is 147 Å². The van der Waals surface area contributed by atoms with Crippen LogP contribution in [0.5, 0.6) is 11.5 Å². The van der Waals surface area contributed by atoms with E-state index in [-0.39, 0.29) is 57.1 Å². The average Bonchev–Trinajstić information content (AvgIpc) is 1.79. The molecule has 3 heterocycles. The predicted octanol–water partition coefficient (Wildman–Crippen LogP) is 10.2. The zero-order chi connectivity index (χ0) is 66.8. The van der Waals surface area contributed by atoms with Gasteiger partial charge in [0.2, 0.25) is 23.1 Å². The molecule has 4 unspecified atom stereocenters. The number of benzene rings is 3. The normalized spacial score (nSPS) is 15.4. The quantitative estimate of drug-likeness (QED) is 0.0216. The van der Waals surface area contributed by atoms with E-state index in [2.05, 4.69) is 63.3 Å². The summed E-state index contributed by atoms with van der Waals surface area (Å²) in [6.07, 6.45) is 14.2. The Kier molecular flexibility index (Phi) is 34.2. The van der Waals surface area contributed by atoms with E-state index >= 15 is 0 Å². The molecule has 0 saturated carbocycles. The molecule has 0 fully saturated rings. The number of alkyl halides is 3. The molecule has 29 heteroatoms. The third-order valence-electron chi connectivity index (χ3n) is 11.8. The van der Waals surface area contributed by atoms with Crippen LogP contribution >= 0.6 is 65.6 Å². The highest BCUT2D eigenvalue weighted by Crippen LogP contribution is 2.40. The van der Waals surface area contributed by atoms with Gasteiger partial charge in [0.05, 0.1) is 72.4 Å². The third-order valence-corrected chi connectivity index (χ3v) is 13.5. The molecule has 3 aliphatic rings. The number of ether oxygens (including phenoxy) is 3. The van der Waals surface area contributed by atoms with Gasteiger partial charge in [-0.3, -0.25) is 29.3 Å². The third kappa shape index (κ3) is 26.2. The minimum absolute atomic E-state index is 0.0223. The Morgan fingerprint density at radius 1 is 0.989 bits per heavy atom. The molecule has 486 valence electrons. The van der Waals surface area contributed by atoms with Gasteiger partial charge < -0.3 is 54.1 Å². The second-order valence-corrected chi connectivity index (χ2v) is 27.2. The second-order valence-electron chi connectivity index (χ2n) is 21.0. The molecule has 5 N–H and O–H groups in total. The van der Waals surface area contributed by atoms with Crippen molar-refractivity contribution in [3.63, 3.8) is 0 Å². The van der Waals surface area contributed by atoms with Gasteiger partial charge in [-0.05, 0) is 139 Å². The molecule has 4 aromatic rings. The molecule has 7 rings (SSSR count). The summed E-state index contributed by atoms with van der Waals surface area (Å²) in [5.74, 6) is 0.869. The van der Waals surface area contributed by atoms with Crippen molar-refractivity contribution >= 4 is 135 Å². The molecule has 4 atom stereocenters. The highest BCUT2D eigenvalue weighted by molar-refractivity contribution is 7.94. The summed E-state index contributed by atoms with van der Waals surface area (Å²) < 4.78 is 40.5. The number of carbonyl (C=O) groups is 5. The van der Waals surface area contributed by atoms with Crippen molar-refractivity contribution in [2.75, 3.05) is 89.7 Å². The lowest BCUT2D eigenvalue weighted by atomic mass is 9.93. The number of hydrogen-bond donors (Lipinski definition) is 5. The lowest BCUT2D eigenvalue weighted by Gasteiger charge is -2.35. The number of carboxylic acids is 1. The van der Waals surface area contributed by atoms with Gasteiger partial charge in [0.1, 0.15) is 37.4 Å². The van der Waals surface area contributed by atoms with Crippen molar-refractivity contribution in [1.29, 1.82) is 0 Å². The zero-order valence-corrected chi connectivity index (χ0v) is 57.1. The average molecular weight is 1370 g/mol. The molecular weight excluding hydrogens is 1290 g/mol. The lowest BCUT2D eigenvalue weighted by Crippen LogP contribution is -2.47. The van der Waals surface area contributed by atoms with E-state index in [9.17, 15) is 37.8 Å². The van der Waals surface area contributed by atoms with Crippen molar-refractivity contribution in [3.05, 3.63) is 93.0 Å². The van der Waals surface area contributed by atoms with Crippen LogP contribution < -0.4 is 45.0 Å². The Bertz CT molecular complexity index is 3090. The topological polar surface area (TPSA) is 278 Å². The van der Waals surface area contributed by atoms with E-state index in [0.29, 0.717) is 65.7 Å². The fourth-order valence-corrected chi connectivity index (χ4v) is 9.40. The number of fused-ring (bicyclic) bond motifs is 1. The lowest BCUT2D eigenvalue weighted by molar-refractivity contribution is -0.193. The molecule has 2 aliphatic heterocycles. The first-order chi connectivity index (χ1) is 41.2. The van der Waals surface area contributed by atoms with Crippen LogP contribution in [0.25, 0.3) is 0 Å². The van der Waals surface area contributed by atoms with E-state index in [0.717, 1.165) is 59.3 Å². The first-order valence-corrected chi connectivity index (χ1v) is 33.9. The summed E-state index contributed by atoms with van der Waals surface area (Å²) in [5.41, 5.74) is 4.64. The Morgan fingerprint density at radius 3 is 2.09 bits per heavy atom. The Morgan fingerprint density at radius 2 is 1.58 bits per heavy atom. The Hall–Kier alpha value is -5.48. The van der Waals surface area contributed by atoms with E-state index in [4.69, 9.17) is 88.6 Å². The number of carboxylic acid groups (broad SMARTS) is 1. The number of imide groups is 1. The van der Waals surface area contributed by atoms with Crippen LogP contribution in [0.15, 0.2) is 65.7 Å². The number of aryl methyl sites for hydroxylation is 2. The number of aliphatic carboxylic acids is 1. The number of terminal acetylenes is 1. The van der Waals surface area contributed by atoms with E-state index in [1.807, 2.05) is 90.2 Å². The number of para-hydroxylation sites is 3. The van der Waals surface area contributed by atoms with Gasteiger partial charge in [-0.2, -0.15) is 15.0 Å². The maximum Gasteiger partial charge on any atom is 0.317 e. The number of carbonyl (C=O) groups excluding carboxylic acids is 4. The monoisotopic (exact) mass is 1360 g/mol. The second kappa shape index (κ2) is 38.3. The van der Waals surface area contributed by atoms with Gasteiger partial charge in [-0.25, -0.2) is 9.29 Å². The molecule has 0 bridgehead atoms. The van der Waals surface area contributed by atoms with E-state index in [1.165, 1.54) is 6.07 Å². The van der Waals surface area contributed by atoms with E-state index in [1.54, 1.807) is 23.8 Å². The molecule has 21 nitrogen and oxygen atoms in total. The minimum atomic E-state index is -4.35. The number of nitrogens with one attached hydrogen (secondary N) is 3. The standard InChI is InChI=1S/C18H15ClFNO3.C15H22ClNO2.C11H11Cl2NO2.C9H16ClN5.C3H8NO5P.C3H9S/c1-3-10(2)24-16-9-15(14(20)8-13(16)19)21-17(22)11-6-4-5-7-12(11)18(21)23;1-5-13-8-6-7-11(2)15(13)17(14(18)9-16)12(3)10-19-4;1-7-6-16-9-5-3-2-4-8(9)14(7)11(15)10(12)13;1-5-11-7-12-6(10)13-8(14-7)15-9(2,3)4;5-3(6)1-4-2-10(7,8)9;1-4(2)3/h1,8-10H,4-7H2,2H3;6-8,12H,5,9-10H2,1-4H3;2-5,7,10H,6H2,1H3;5H2,1-4H3,(H2,11,12,13,14,15);4H,1-2H2,(H,5,6)(H2,7,8,9);1-3H3/q;;;;;+1/p-1. The molecular formula is C59H80Cl5FN9O12PS. The van der Waals surface area contributed by atoms with Crippen LogP contribution in [0.3, 0.4) is 0 Å². The van der Waals surface area contributed by atoms with Gasteiger partial charge in [0.25, 0.3) is 17.7 Å². The van der Waals surface area contributed by atoms with Crippen molar-refractivity contribution < 1.29 is 62.0 Å². The smallest absolute Gasteiger partial charge is 0.317 e. The summed E-state index contributed by atoms with van der Waals surface area (Å²) in [5, 5.41) is 16.3. The largest absolute Gasteiger partial charge is 0.778 e. The van der Waals surface area contributed by atoms with Crippen molar-refractivity contribution in [2.45, 2.75) is 123 Å². The molecule has 88 heavy (non-hydrogen) atoms.